The standard InChI is InChI=1S/C31H32SSi/c1-25(2)31(3,4)32-30(26-17-9-5-10-18-26)33(27-19-11-6-12-20-27,28-21-13-7-14-22-28)29-23-15-8-16-24-29/h5-24,30H,1H2,2-4H3. The van der Waals surface area contributed by atoms with E-state index in [1.54, 1.807) is 0 Å². The second kappa shape index (κ2) is 9.99. The van der Waals surface area contributed by atoms with Crippen molar-refractivity contribution in [3.8, 4) is 0 Å². The van der Waals surface area contributed by atoms with Crippen molar-refractivity contribution in [3.05, 3.63) is 139 Å². The van der Waals surface area contributed by atoms with Gasteiger partial charge in [-0.2, -0.15) is 0 Å². The highest BCUT2D eigenvalue weighted by molar-refractivity contribution is 8.03. The van der Waals surface area contributed by atoms with Crippen LogP contribution in [0.3, 0.4) is 0 Å². The van der Waals surface area contributed by atoms with Crippen molar-refractivity contribution < 1.29 is 0 Å². The predicted molar refractivity (Wildman–Crippen MR) is 150 cm³/mol. The molecule has 0 spiro atoms. The molecule has 0 aromatic heterocycles. The Morgan fingerprint density at radius 1 is 0.636 bits per heavy atom. The van der Waals surface area contributed by atoms with Gasteiger partial charge in [-0.25, -0.2) is 0 Å². The van der Waals surface area contributed by atoms with E-state index in [1.807, 2.05) is 0 Å². The minimum absolute atomic E-state index is 0.0723. The SMILES string of the molecule is C=C(C)C(C)(C)SC(c1ccccc1)[Si](c1ccccc1)(c1ccccc1)c1ccccc1. The predicted octanol–water partition coefficient (Wildman–Crippen LogP) is 6.53. The van der Waals surface area contributed by atoms with Gasteiger partial charge in [0, 0.05) is 9.62 Å². The first-order valence-electron chi connectivity index (χ1n) is 11.5. The first-order valence-corrected chi connectivity index (χ1v) is 14.5. The van der Waals surface area contributed by atoms with E-state index in [9.17, 15) is 0 Å². The van der Waals surface area contributed by atoms with Crippen LogP contribution < -0.4 is 15.6 Å². The van der Waals surface area contributed by atoms with Gasteiger partial charge in [0.05, 0.1) is 0 Å². The van der Waals surface area contributed by atoms with Crippen LogP contribution in [0.25, 0.3) is 0 Å². The molecule has 0 nitrogen and oxygen atoms in total. The van der Waals surface area contributed by atoms with Gasteiger partial charge in [0.1, 0.15) is 0 Å². The van der Waals surface area contributed by atoms with Gasteiger partial charge < -0.3 is 0 Å². The molecular weight excluding hydrogens is 432 g/mol. The van der Waals surface area contributed by atoms with Gasteiger partial charge in [-0.3, -0.25) is 0 Å². The van der Waals surface area contributed by atoms with Crippen LogP contribution in [0.1, 0.15) is 31.2 Å². The van der Waals surface area contributed by atoms with E-state index in [-0.39, 0.29) is 9.62 Å². The minimum Gasteiger partial charge on any atom is -0.145 e. The molecule has 2 heteroatoms. The van der Waals surface area contributed by atoms with Gasteiger partial charge in [0.25, 0.3) is 0 Å². The Kier molecular flexibility index (Phi) is 7.07. The summed E-state index contributed by atoms with van der Waals surface area (Å²) in [6.07, 6.45) is 0. The molecule has 0 N–H and O–H groups in total. The van der Waals surface area contributed by atoms with Crippen molar-refractivity contribution in [2.75, 3.05) is 0 Å². The highest BCUT2D eigenvalue weighted by atomic mass is 32.2. The molecule has 4 aromatic carbocycles. The average Bonchev–Trinajstić information content (AvgIpc) is 2.86. The Labute approximate surface area is 204 Å². The monoisotopic (exact) mass is 464 g/mol. The molecule has 1 atom stereocenters. The topological polar surface area (TPSA) is 0 Å². The number of thioether (sulfide) groups is 1. The molecule has 4 aromatic rings. The summed E-state index contributed by atoms with van der Waals surface area (Å²) in [5, 5.41) is 4.30. The van der Waals surface area contributed by atoms with Crippen LogP contribution in [0.15, 0.2) is 133 Å². The van der Waals surface area contributed by atoms with Gasteiger partial charge in [-0.05, 0) is 41.9 Å². The summed E-state index contributed by atoms with van der Waals surface area (Å²) >= 11 is 2.06. The summed E-state index contributed by atoms with van der Waals surface area (Å²) < 4.78 is -0.0723. The summed E-state index contributed by atoms with van der Waals surface area (Å²) in [4.78, 5) is 0.262. The van der Waals surface area contributed by atoms with Crippen molar-refractivity contribution in [1.29, 1.82) is 0 Å². The normalized spacial score (nSPS) is 12.8. The second-order valence-electron chi connectivity index (χ2n) is 9.11. The maximum atomic E-state index is 4.37. The van der Waals surface area contributed by atoms with Gasteiger partial charge in [-0.15, -0.1) is 11.8 Å². The molecule has 0 heterocycles. The first-order chi connectivity index (χ1) is 16.0. The second-order valence-corrected chi connectivity index (χ2v) is 15.2. The van der Waals surface area contributed by atoms with Crippen molar-refractivity contribution in [2.45, 2.75) is 30.4 Å². The Morgan fingerprint density at radius 2 is 0.970 bits per heavy atom. The molecule has 0 saturated heterocycles. The smallest absolute Gasteiger partial charge is 0.145 e. The first kappa shape index (κ1) is 23.3. The zero-order chi connectivity index (χ0) is 23.3. The molecule has 0 bridgehead atoms. The van der Waals surface area contributed by atoms with Crippen LogP contribution in [0.4, 0.5) is 0 Å². The maximum absolute atomic E-state index is 4.37. The number of hydrogen-bond acceptors (Lipinski definition) is 1. The van der Waals surface area contributed by atoms with Gasteiger partial charge >= 0.3 is 0 Å². The maximum Gasteiger partial charge on any atom is 0.165 e. The summed E-state index contributed by atoms with van der Waals surface area (Å²) in [5.41, 5.74) is 2.57. The molecule has 0 saturated carbocycles. The molecule has 1 unspecified atom stereocenters. The molecular formula is C31H32SSi. The van der Waals surface area contributed by atoms with Crippen molar-refractivity contribution in [2.24, 2.45) is 0 Å². The van der Waals surface area contributed by atoms with Crippen LogP contribution in [0, 0.1) is 0 Å². The number of hydrogen-bond donors (Lipinski definition) is 0. The lowest BCUT2D eigenvalue weighted by Gasteiger charge is -2.44. The minimum atomic E-state index is -2.53. The molecule has 4 rings (SSSR count). The Hall–Kier alpha value is -2.81. The molecule has 0 radical (unpaired) electrons. The highest BCUT2D eigenvalue weighted by Gasteiger charge is 2.49. The molecule has 33 heavy (non-hydrogen) atoms. The molecule has 166 valence electrons. The zero-order valence-corrected chi connectivity index (χ0v) is 21.6. The molecule has 0 fully saturated rings. The lowest BCUT2D eigenvalue weighted by molar-refractivity contribution is 0.834. The third kappa shape index (κ3) is 4.64. The van der Waals surface area contributed by atoms with E-state index in [0.29, 0.717) is 0 Å². The van der Waals surface area contributed by atoms with E-state index in [1.165, 1.54) is 26.7 Å². The fourth-order valence-electron chi connectivity index (χ4n) is 4.49. The summed E-state index contributed by atoms with van der Waals surface area (Å²) in [6.45, 7) is 11.2. The summed E-state index contributed by atoms with van der Waals surface area (Å²) in [6, 6.07) is 44.7. The van der Waals surface area contributed by atoms with E-state index in [0.717, 1.165) is 0 Å². The van der Waals surface area contributed by atoms with Crippen LogP contribution in [0.5, 0.6) is 0 Å². The fourth-order valence-corrected chi connectivity index (χ4v) is 13.1. The van der Waals surface area contributed by atoms with E-state index in [4.69, 9.17) is 0 Å². The van der Waals surface area contributed by atoms with Crippen molar-refractivity contribution >= 4 is 35.4 Å². The van der Waals surface area contributed by atoms with Gasteiger partial charge in [-0.1, -0.05) is 133 Å². The van der Waals surface area contributed by atoms with Crippen LogP contribution in [0.2, 0.25) is 0 Å². The third-order valence-electron chi connectivity index (χ3n) is 6.62. The van der Waals surface area contributed by atoms with Gasteiger partial charge in [0.2, 0.25) is 0 Å². The molecule has 0 amide bonds. The quantitative estimate of drug-likeness (QED) is 0.162. The van der Waals surface area contributed by atoms with Gasteiger partial charge in [0.15, 0.2) is 8.07 Å². The fraction of sp³-hybridized carbons (Fsp3) is 0.161. The molecule has 0 aliphatic heterocycles. The Bertz CT molecular complexity index is 1070. The largest absolute Gasteiger partial charge is 0.165 e. The average molecular weight is 465 g/mol. The molecule has 0 aliphatic rings. The van der Waals surface area contributed by atoms with Crippen molar-refractivity contribution in [1.82, 2.24) is 0 Å². The Balaban J connectivity index is 2.12. The highest BCUT2D eigenvalue weighted by Crippen LogP contribution is 2.46. The third-order valence-corrected chi connectivity index (χ3v) is 14.3. The zero-order valence-electron chi connectivity index (χ0n) is 19.7. The van der Waals surface area contributed by atoms with E-state index in [2.05, 4.69) is 160 Å². The van der Waals surface area contributed by atoms with E-state index >= 15 is 0 Å². The number of benzene rings is 4. The number of rotatable bonds is 8. The van der Waals surface area contributed by atoms with Crippen LogP contribution in [-0.4, -0.2) is 12.8 Å². The lowest BCUT2D eigenvalue weighted by Crippen LogP contribution is -2.70. The van der Waals surface area contributed by atoms with Crippen LogP contribution >= 0.6 is 11.8 Å². The van der Waals surface area contributed by atoms with Crippen LogP contribution in [-0.2, 0) is 0 Å². The molecule has 0 aliphatic carbocycles. The van der Waals surface area contributed by atoms with E-state index < -0.39 is 8.07 Å². The summed E-state index contributed by atoms with van der Waals surface area (Å²) in [7, 11) is -2.53. The Morgan fingerprint density at radius 3 is 1.30 bits per heavy atom. The summed E-state index contributed by atoms with van der Waals surface area (Å²) in [5.74, 6) is 0. The lowest BCUT2D eigenvalue weighted by atomic mass is 10.1. The van der Waals surface area contributed by atoms with Crippen molar-refractivity contribution in [3.63, 3.8) is 0 Å².